The van der Waals surface area contributed by atoms with Crippen LogP contribution in [0.5, 0.6) is 0 Å². The lowest BCUT2D eigenvalue weighted by Gasteiger charge is -1.88. The van der Waals surface area contributed by atoms with E-state index in [0.29, 0.717) is 6.42 Å². The van der Waals surface area contributed by atoms with Crippen molar-refractivity contribution in [2.75, 3.05) is 0 Å². The quantitative estimate of drug-likeness (QED) is 0.538. The summed E-state index contributed by atoms with van der Waals surface area (Å²) in [6, 6.07) is 0. The number of hydrogen-bond donors (Lipinski definition) is 0. The third-order valence-electron chi connectivity index (χ3n) is 0.593. The molecule has 0 N–H and O–H groups in total. The van der Waals surface area contributed by atoms with Gasteiger partial charge in [-0.05, 0) is 10.9 Å². The van der Waals surface area contributed by atoms with Crippen molar-refractivity contribution in [2.24, 2.45) is 4.53 Å². The van der Waals surface area contributed by atoms with Crippen LogP contribution < -0.4 is 0 Å². The summed E-state index contributed by atoms with van der Waals surface area (Å²) in [5, 5.41) is 0. The lowest BCUT2D eigenvalue weighted by Crippen LogP contribution is -1.96. The van der Waals surface area contributed by atoms with Gasteiger partial charge in [0.1, 0.15) is 0 Å². The number of hydrogen-bond acceptors (Lipinski definition) is 4. The lowest BCUT2D eigenvalue weighted by molar-refractivity contribution is -0.143. The molecule has 0 aliphatic carbocycles. The topological polar surface area (TPSA) is 38.7 Å². The first-order valence-corrected chi connectivity index (χ1v) is 2.70. The number of carbonyl (C=O) groups is 1. The van der Waals surface area contributed by atoms with Gasteiger partial charge in [-0.1, -0.05) is 6.92 Å². The second-order valence-corrected chi connectivity index (χ2v) is 1.44. The summed E-state index contributed by atoms with van der Waals surface area (Å²) in [5.74, 6) is -0.359. The fourth-order valence-corrected chi connectivity index (χ4v) is 0.374. The van der Waals surface area contributed by atoms with Crippen molar-refractivity contribution >= 4 is 18.4 Å². The summed E-state index contributed by atoms with van der Waals surface area (Å²) in [4.78, 5) is 14.3. The Bertz CT molecular complexity index is 94.0. The highest BCUT2D eigenvalue weighted by Crippen LogP contribution is 1.89. The van der Waals surface area contributed by atoms with E-state index < -0.39 is 0 Å². The zero-order chi connectivity index (χ0) is 6.41. The molecule has 0 unspecified atom stereocenters. The molecule has 0 aromatic rings. The first-order valence-electron chi connectivity index (χ1n) is 2.33. The molecular weight excluding hydrogens is 126 g/mol. The molecule has 0 aromatic carbocycles. The first-order chi connectivity index (χ1) is 3.81. The lowest BCUT2D eigenvalue weighted by atomic mass is 10.3. The first kappa shape index (κ1) is 7.49. The molecule has 0 bridgehead atoms. The van der Waals surface area contributed by atoms with Crippen LogP contribution in [-0.4, -0.2) is 5.97 Å². The molecule has 0 aliphatic rings. The summed E-state index contributed by atoms with van der Waals surface area (Å²) in [5.41, 5.74) is 0. The molecular formula is C4H7NO2S. The van der Waals surface area contributed by atoms with Gasteiger partial charge in [-0.2, -0.15) is 0 Å². The van der Waals surface area contributed by atoms with E-state index in [2.05, 4.69) is 21.8 Å². The van der Waals surface area contributed by atoms with Crippen LogP contribution in [-0.2, 0) is 22.1 Å². The van der Waals surface area contributed by atoms with Gasteiger partial charge in [0.2, 0.25) is 0 Å². The Morgan fingerprint density at radius 2 is 2.50 bits per heavy atom. The monoisotopic (exact) mass is 133 g/mol. The van der Waals surface area contributed by atoms with E-state index in [9.17, 15) is 4.79 Å². The number of rotatable bonds is 3. The van der Waals surface area contributed by atoms with Crippen molar-refractivity contribution < 1.29 is 9.63 Å². The second-order valence-electron chi connectivity index (χ2n) is 1.29. The summed E-state index contributed by atoms with van der Waals surface area (Å²) < 4.78 is 2.79. The Morgan fingerprint density at radius 3 is 2.88 bits per heavy atom. The highest BCUT2D eigenvalue weighted by atomic mass is 32.1. The fraction of sp³-hybridized carbons (Fsp3) is 0.750. The van der Waals surface area contributed by atoms with Crippen LogP contribution in [0.4, 0.5) is 0 Å². The molecule has 0 amide bonds. The normalized spacial score (nSPS) is 8.12. The van der Waals surface area contributed by atoms with Crippen molar-refractivity contribution in [2.45, 2.75) is 19.8 Å². The Kier molecular flexibility index (Phi) is 4.35. The van der Waals surface area contributed by atoms with Crippen molar-refractivity contribution in [1.82, 2.24) is 0 Å². The molecule has 0 spiro atoms. The third-order valence-corrected chi connectivity index (χ3v) is 0.668. The molecule has 0 aromatic heterocycles. The fourth-order valence-electron chi connectivity index (χ4n) is 0.291. The van der Waals surface area contributed by atoms with E-state index in [0.717, 1.165) is 6.42 Å². The molecule has 0 atom stereocenters. The minimum absolute atomic E-state index is 0.359. The summed E-state index contributed by atoms with van der Waals surface area (Å²) in [6.07, 6.45) is 1.16. The Labute approximate surface area is 53.2 Å². The summed E-state index contributed by atoms with van der Waals surface area (Å²) in [7, 11) is 0. The minimum Gasteiger partial charge on any atom is -0.306 e. The van der Waals surface area contributed by atoms with Crippen LogP contribution >= 0.6 is 0 Å². The van der Waals surface area contributed by atoms with Crippen LogP contribution in [0.25, 0.3) is 0 Å². The van der Waals surface area contributed by atoms with Gasteiger partial charge < -0.3 is 4.84 Å². The standard InChI is InChI=1S/C4H7NO2S/c1-2-3-4(6)7-5-8/h2-3H2,1H3. The van der Waals surface area contributed by atoms with E-state index >= 15 is 0 Å². The van der Waals surface area contributed by atoms with Gasteiger partial charge in [-0.15, -0.1) is 0 Å². The molecule has 0 saturated heterocycles. The molecule has 3 nitrogen and oxygen atoms in total. The smallest absolute Gasteiger partial charge is 0.306 e. The van der Waals surface area contributed by atoms with Crippen LogP contribution in [0.3, 0.4) is 0 Å². The van der Waals surface area contributed by atoms with E-state index in [1.807, 2.05) is 6.92 Å². The van der Waals surface area contributed by atoms with E-state index in [-0.39, 0.29) is 5.97 Å². The molecule has 0 rings (SSSR count). The van der Waals surface area contributed by atoms with Gasteiger partial charge in [0.15, 0.2) is 0 Å². The average Bonchev–Trinajstić information content (AvgIpc) is 1.68. The van der Waals surface area contributed by atoms with Gasteiger partial charge in [0.05, 0.1) is 12.4 Å². The number of carbonyl (C=O) groups excluding carboxylic acids is 1. The van der Waals surface area contributed by atoms with Crippen molar-refractivity contribution in [3.05, 3.63) is 0 Å². The van der Waals surface area contributed by atoms with Crippen molar-refractivity contribution in [1.29, 1.82) is 0 Å². The molecule has 0 aliphatic heterocycles. The van der Waals surface area contributed by atoms with Gasteiger partial charge in [-0.25, -0.2) is 4.79 Å². The Balaban J connectivity index is 3.18. The van der Waals surface area contributed by atoms with Crippen molar-refractivity contribution in [3.63, 3.8) is 0 Å². The van der Waals surface area contributed by atoms with E-state index in [1.54, 1.807) is 0 Å². The molecule has 0 fully saturated rings. The summed E-state index contributed by atoms with van der Waals surface area (Å²) in [6.45, 7) is 1.88. The Hall–Kier alpha value is -0.510. The predicted molar refractivity (Wildman–Crippen MR) is 30.8 cm³/mol. The largest absolute Gasteiger partial charge is 0.336 e. The maximum atomic E-state index is 10.3. The maximum Gasteiger partial charge on any atom is 0.336 e. The van der Waals surface area contributed by atoms with Gasteiger partial charge in [0.25, 0.3) is 0 Å². The Morgan fingerprint density at radius 1 is 1.88 bits per heavy atom. The maximum absolute atomic E-state index is 10.3. The van der Waals surface area contributed by atoms with Crippen LogP contribution in [0.1, 0.15) is 19.8 Å². The van der Waals surface area contributed by atoms with Gasteiger partial charge in [0, 0.05) is 6.42 Å². The predicted octanol–water partition coefficient (Wildman–Crippen LogP) is 0.975. The molecule has 0 radical (unpaired) electrons. The minimum atomic E-state index is -0.359. The highest BCUT2D eigenvalue weighted by molar-refractivity contribution is 7.47. The molecule has 8 heavy (non-hydrogen) atoms. The van der Waals surface area contributed by atoms with Crippen LogP contribution in [0.15, 0.2) is 4.53 Å². The van der Waals surface area contributed by atoms with Gasteiger partial charge in [-0.3, -0.25) is 0 Å². The molecule has 0 heterocycles. The van der Waals surface area contributed by atoms with Crippen LogP contribution in [0, 0.1) is 0 Å². The zero-order valence-corrected chi connectivity index (χ0v) is 5.40. The van der Waals surface area contributed by atoms with E-state index in [1.165, 1.54) is 0 Å². The SMILES string of the molecule is CCCC(=O)ON=S. The molecule has 46 valence electrons. The highest BCUT2D eigenvalue weighted by Gasteiger charge is 1.96. The number of nitrogens with zero attached hydrogens (tertiary/aromatic N) is 1. The molecule has 4 heteroatoms. The van der Waals surface area contributed by atoms with Crippen molar-refractivity contribution in [3.8, 4) is 0 Å². The zero-order valence-electron chi connectivity index (χ0n) is 4.59. The van der Waals surface area contributed by atoms with Gasteiger partial charge >= 0.3 is 5.97 Å². The molecule has 0 saturated carbocycles. The van der Waals surface area contributed by atoms with Crippen LogP contribution in [0.2, 0.25) is 0 Å². The van der Waals surface area contributed by atoms with E-state index in [4.69, 9.17) is 0 Å². The second kappa shape index (κ2) is 4.64. The summed E-state index contributed by atoms with van der Waals surface area (Å²) >= 11 is 4.02. The third kappa shape index (κ3) is 3.67. The average molecular weight is 133 g/mol.